The largest absolute Gasteiger partial charge is 0.420 e. The van der Waals surface area contributed by atoms with Gasteiger partial charge in [0.05, 0.1) is 5.75 Å². The minimum atomic E-state index is -0.345. The zero-order valence-electron chi connectivity index (χ0n) is 11.0. The number of nitrogens with zero attached hydrogens (tertiary/aromatic N) is 2. The second-order valence-corrected chi connectivity index (χ2v) is 5.36. The average Bonchev–Trinajstić information content (AvgIpc) is 2.96. The van der Waals surface area contributed by atoms with Crippen molar-refractivity contribution in [2.45, 2.75) is 10.6 Å². The van der Waals surface area contributed by atoms with Crippen LogP contribution in [-0.4, -0.2) is 10.2 Å². The number of rotatable bonds is 4. The fourth-order valence-electron chi connectivity index (χ4n) is 1.78. The molecule has 21 heavy (non-hydrogen) atoms. The van der Waals surface area contributed by atoms with Gasteiger partial charge >= 0.3 is 0 Å². The van der Waals surface area contributed by atoms with Crippen molar-refractivity contribution in [2.24, 2.45) is 0 Å². The molecule has 1 heterocycles. The van der Waals surface area contributed by atoms with Crippen LogP contribution in [0.3, 0.4) is 0 Å². The maximum absolute atomic E-state index is 13.7. The number of benzene rings is 2. The number of nitrogens with two attached hydrogens (primary N) is 1. The first kappa shape index (κ1) is 13.6. The number of halogens is 1. The van der Waals surface area contributed by atoms with E-state index in [0.717, 1.165) is 5.56 Å². The molecule has 3 rings (SSSR count). The number of thioether (sulfide) groups is 1. The van der Waals surface area contributed by atoms with Crippen LogP contribution in [0.25, 0.3) is 11.5 Å². The van der Waals surface area contributed by atoms with Crippen LogP contribution in [0, 0.1) is 5.82 Å². The van der Waals surface area contributed by atoms with E-state index >= 15 is 0 Å². The van der Waals surface area contributed by atoms with Crippen LogP contribution in [-0.2, 0) is 5.75 Å². The van der Waals surface area contributed by atoms with Crippen molar-refractivity contribution in [3.63, 3.8) is 0 Å². The zero-order valence-corrected chi connectivity index (χ0v) is 11.8. The summed E-state index contributed by atoms with van der Waals surface area (Å²) in [6.07, 6.45) is 0. The monoisotopic (exact) mass is 301 g/mol. The summed E-state index contributed by atoms with van der Waals surface area (Å²) >= 11 is 1.29. The summed E-state index contributed by atoms with van der Waals surface area (Å²) in [5, 5.41) is 7.96. The van der Waals surface area contributed by atoms with E-state index < -0.39 is 0 Å². The standard InChI is InChI=1S/C15H12FN3OS/c16-12-8-11(17)6-7-13(12)21-9-14-18-19-15(20-14)10-4-2-1-3-5-10/h1-8H,9,17H2. The number of hydrogen-bond acceptors (Lipinski definition) is 5. The van der Waals surface area contributed by atoms with Crippen LogP contribution >= 0.6 is 11.8 Å². The summed E-state index contributed by atoms with van der Waals surface area (Å²) in [6, 6.07) is 14.1. The third-order valence-electron chi connectivity index (χ3n) is 2.79. The van der Waals surface area contributed by atoms with Crippen molar-refractivity contribution in [3.8, 4) is 11.5 Å². The topological polar surface area (TPSA) is 64.9 Å². The fourth-order valence-corrected chi connectivity index (χ4v) is 2.54. The third kappa shape index (κ3) is 3.22. The van der Waals surface area contributed by atoms with Gasteiger partial charge in [-0.3, -0.25) is 0 Å². The Bertz CT molecular complexity index is 746. The third-order valence-corrected chi connectivity index (χ3v) is 3.83. The maximum atomic E-state index is 13.7. The fraction of sp³-hybridized carbons (Fsp3) is 0.0667. The Morgan fingerprint density at radius 2 is 1.90 bits per heavy atom. The molecule has 4 nitrogen and oxygen atoms in total. The summed E-state index contributed by atoms with van der Waals surface area (Å²) in [4.78, 5) is 0.503. The van der Waals surface area contributed by atoms with Gasteiger partial charge < -0.3 is 10.2 Å². The SMILES string of the molecule is Nc1ccc(SCc2nnc(-c3ccccc3)o2)c(F)c1. The summed E-state index contributed by atoms with van der Waals surface area (Å²) in [5.74, 6) is 0.975. The Balaban J connectivity index is 1.70. The predicted octanol–water partition coefficient (Wildman–Crippen LogP) is 3.75. The molecule has 0 bridgehead atoms. The Morgan fingerprint density at radius 3 is 2.67 bits per heavy atom. The van der Waals surface area contributed by atoms with Crippen molar-refractivity contribution in [2.75, 3.05) is 5.73 Å². The van der Waals surface area contributed by atoms with E-state index in [0.29, 0.717) is 28.1 Å². The van der Waals surface area contributed by atoms with E-state index in [2.05, 4.69) is 10.2 Å². The van der Waals surface area contributed by atoms with Crippen LogP contribution in [0.4, 0.5) is 10.1 Å². The molecule has 0 atom stereocenters. The van der Waals surface area contributed by atoms with Crippen molar-refractivity contribution in [3.05, 3.63) is 60.2 Å². The van der Waals surface area contributed by atoms with Gasteiger partial charge in [0.2, 0.25) is 11.8 Å². The lowest BCUT2D eigenvalue weighted by atomic mass is 10.2. The van der Waals surface area contributed by atoms with E-state index in [1.165, 1.54) is 17.8 Å². The Labute approximate surface area is 125 Å². The second kappa shape index (κ2) is 5.97. The summed E-state index contributed by atoms with van der Waals surface area (Å²) < 4.78 is 19.2. The molecule has 0 aliphatic carbocycles. The van der Waals surface area contributed by atoms with Crippen LogP contribution in [0.5, 0.6) is 0 Å². The number of nitrogen functional groups attached to an aromatic ring is 1. The molecule has 6 heteroatoms. The van der Waals surface area contributed by atoms with E-state index in [1.807, 2.05) is 30.3 Å². The smallest absolute Gasteiger partial charge is 0.247 e. The van der Waals surface area contributed by atoms with E-state index in [1.54, 1.807) is 12.1 Å². The maximum Gasteiger partial charge on any atom is 0.247 e. The highest BCUT2D eigenvalue weighted by atomic mass is 32.2. The lowest BCUT2D eigenvalue weighted by Gasteiger charge is -2.01. The Hall–Kier alpha value is -2.34. The minimum absolute atomic E-state index is 0.345. The Morgan fingerprint density at radius 1 is 1.10 bits per heavy atom. The molecule has 0 unspecified atom stereocenters. The van der Waals surface area contributed by atoms with Crippen LogP contribution < -0.4 is 5.73 Å². The van der Waals surface area contributed by atoms with Gasteiger partial charge in [-0.2, -0.15) is 0 Å². The lowest BCUT2D eigenvalue weighted by molar-refractivity contribution is 0.528. The van der Waals surface area contributed by atoms with Gasteiger partial charge in [0, 0.05) is 16.1 Å². The normalized spacial score (nSPS) is 10.7. The molecular formula is C15H12FN3OS. The highest BCUT2D eigenvalue weighted by Crippen LogP contribution is 2.27. The first-order valence-electron chi connectivity index (χ1n) is 6.28. The summed E-state index contributed by atoms with van der Waals surface area (Å²) in [7, 11) is 0. The van der Waals surface area contributed by atoms with Crippen molar-refractivity contribution < 1.29 is 8.81 Å². The van der Waals surface area contributed by atoms with E-state index in [9.17, 15) is 4.39 Å². The van der Waals surface area contributed by atoms with Gasteiger partial charge in [0.25, 0.3) is 0 Å². The molecular weight excluding hydrogens is 289 g/mol. The molecule has 0 aliphatic heterocycles. The van der Waals surface area contributed by atoms with Gasteiger partial charge in [0.1, 0.15) is 5.82 Å². The minimum Gasteiger partial charge on any atom is -0.420 e. The number of aromatic nitrogens is 2. The quantitative estimate of drug-likeness (QED) is 0.587. The molecule has 3 aromatic rings. The number of hydrogen-bond donors (Lipinski definition) is 1. The highest BCUT2D eigenvalue weighted by molar-refractivity contribution is 7.98. The zero-order chi connectivity index (χ0) is 14.7. The van der Waals surface area contributed by atoms with Gasteiger partial charge in [-0.1, -0.05) is 18.2 Å². The van der Waals surface area contributed by atoms with Crippen molar-refractivity contribution >= 4 is 17.4 Å². The van der Waals surface area contributed by atoms with Crippen LogP contribution in [0.15, 0.2) is 57.8 Å². The van der Waals surface area contributed by atoms with Crippen LogP contribution in [0.1, 0.15) is 5.89 Å². The summed E-state index contributed by atoms with van der Waals surface area (Å²) in [6.45, 7) is 0. The molecule has 2 aromatic carbocycles. The molecule has 0 amide bonds. The molecule has 0 saturated carbocycles. The van der Waals surface area contributed by atoms with Crippen molar-refractivity contribution in [1.82, 2.24) is 10.2 Å². The molecule has 106 valence electrons. The molecule has 0 radical (unpaired) electrons. The molecule has 0 saturated heterocycles. The Kier molecular flexibility index (Phi) is 3.87. The lowest BCUT2D eigenvalue weighted by Crippen LogP contribution is -1.88. The van der Waals surface area contributed by atoms with Crippen molar-refractivity contribution in [1.29, 1.82) is 0 Å². The first-order valence-corrected chi connectivity index (χ1v) is 7.26. The molecule has 1 aromatic heterocycles. The number of anilines is 1. The average molecular weight is 301 g/mol. The molecule has 0 aliphatic rings. The first-order chi connectivity index (χ1) is 10.2. The van der Waals surface area contributed by atoms with Crippen LogP contribution in [0.2, 0.25) is 0 Å². The van der Waals surface area contributed by atoms with E-state index in [4.69, 9.17) is 10.2 Å². The summed E-state index contributed by atoms with van der Waals surface area (Å²) in [5.41, 5.74) is 6.78. The highest BCUT2D eigenvalue weighted by Gasteiger charge is 2.10. The van der Waals surface area contributed by atoms with Gasteiger partial charge in [-0.05, 0) is 30.3 Å². The molecule has 0 fully saturated rings. The predicted molar refractivity (Wildman–Crippen MR) is 80.1 cm³/mol. The second-order valence-electron chi connectivity index (χ2n) is 4.35. The van der Waals surface area contributed by atoms with Gasteiger partial charge in [-0.15, -0.1) is 22.0 Å². The molecule has 2 N–H and O–H groups in total. The molecule has 0 spiro atoms. The van der Waals surface area contributed by atoms with Gasteiger partial charge in [0.15, 0.2) is 0 Å². The van der Waals surface area contributed by atoms with E-state index in [-0.39, 0.29) is 5.82 Å². The van der Waals surface area contributed by atoms with Gasteiger partial charge in [-0.25, -0.2) is 4.39 Å².